The minimum atomic E-state index is -0.107. The van der Waals surface area contributed by atoms with Crippen molar-refractivity contribution < 1.29 is 14.2 Å². The lowest BCUT2D eigenvalue weighted by molar-refractivity contribution is 0.355. The van der Waals surface area contributed by atoms with Gasteiger partial charge in [0, 0.05) is 30.8 Å². The molecule has 0 saturated carbocycles. The largest absolute Gasteiger partial charge is 0.497 e. The van der Waals surface area contributed by atoms with E-state index in [1.54, 1.807) is 28.4 Å². The van der Waals surface area contributed by atoms with E-state index in [4.69, 9.17) is 14.2 Å². The molecule has 0 atom stereocenters. The molecule has 154 valence electrons. The lowest BCUT2D eigenvalue weighted by Crippen LogP contribution is -2.40. The van der Waals surface area contributed by atoms with E-state index < -0.39 is 0 Å². The number of rotatable bonds is 7. The average Bonchev–Trinajstić information content (AvgIpc) is 2.70. The molecule has 0 unspecified atom stereocenters. The van der Waals surface area contributed by atoms with Crippen LogP contribution in [0.15, 0.2) is 47.5 Å². The Bertz CT molecular complexity index is 794. The molecule has 0 heterocycles. The molecule has 2 aromatic carbocycles. The molecule has 0 spiro atoms. The summed E-state index contributed by atoms with van der Waals surface area (Å²) < 4.78 is 16.0. The number of anilines is 1. The highest BCUT2D eigenvalue weighted by molar-refractivity contribution is 14.0. The minimum Gasteiger partial charge on any atom is -0.497 e. The fourth-order valence-electron chi connectivity index (χ4n) is 2.68. The third-order valence-electron chi connectivity index (χ3n) is 4.42. The Hall–Kier alpha value is -2.16. The van der Waals surface area contributed by atoms with Crippen molar-refractivity contribution in [3.8, 4) is 17.2 Å². The molecular weight excluding hydrogens is 469 g/mol. The van der Waals surface area contributed by atoms with Crippen molar-refractivity contribution in [3.05, 3.63) is 48.0 Å². The van der Waals surface area contributed by atoms with Crippen LogP contribution in [0.5, 0.6) is 17.2 Å². The maximum absolute atomic E-state index is 5.35. The molecule has 0 aliphatic heterocycles. The summed E-state index contributed by atoms with van der Waals surface area (Å²) in [5.41, 5.74) is 1.94. The summed E-state index contributed by atoms with van der Waals surface area (Å²) in [7, 11) is 6.66. The van der Waals surface area contributed by atoms with Crippen LogP contribution in [-0.4, -0.2) is 40.9 Å². The van der Waals surface area contributed by atoms with Gasteiger partial charge in [0.2, 0.25) is 0 Å². The topological polar surface area (TPSA) is 64.1 Å². The van der Waals surface area contributed by atoms with E-state index >= 15 is 0 Å². The molecule has 0 aliphatic rings. The van der Waals surface area contributed by atoms with Gasteiger partial charge in [0.1, 0.15) is 5.75 Å². The highest BCUT2D eigenvalue weighted by Crippen LogP contribution is 2.30. The SMILES string of the molecule is CN=C(NCC(C)(C)c1cccc(OC)c1)Nc1ccc(OC)c(OC)c1.I. The highest BCUT2D eigenvalue weighted by atomic mass is 127. The molecule has 7 heteroatoms. The van der Waals surface area contributed by atoms with Crippen LogP contribution in [0.25, 0.3) is 0 Å². The second-order valence-corrected chi connectivity index (χ2v) is 6.74. The molecule has 0 fully saturated rings. The van der Waals surface area contributed by atoms with E-state index in [2.05, 4.69) is 41.6 Å². The molecular formula is C21H30IN3O3. The van der Waals surface area contributed by atoms with Crippen LogP contribution in [0.3, 0.4) is 0 Å². The zero-order valence-corrected chi connectivity index (χ0v) is 19.7. The second kappa shape index (κ2) is 11.0. The molecule has 0 amide bonds. The molecule has 2 N–H and O–H groups in total. The normalized spacial score (nSPS) is 11.3. The maximum Gasteiger partial charge on any atom is 0.195 e. The fourth-order valence-corrected chi connectivity index (χ4v) is 2.68. The molecule has 6 nitrogen and oxygen atoms in total. The number of aliphatic imine (C=N–C) groups is 1. The zero-order valence-electron chi connectivity index (χ0n) is 17.3. The number of hydrogen-bond acceptors (Lipinski definition) is 4. The predicted molar refractivity (Wildman–Crippen MR) is 126 cm³/mol. The van der Waals surface area contributed by atoms with E-state index in [-0.39, 0.29) is 29.4 Å². The Morgan fingerprint density at radius 3 is 2.29 bits per heavy atom. The van der Waals surface area contributed by atoms with Gasteiger partial charge in [-0.05, 0) is 29.8 Å². The summed E-state index contributed by atoms with van der Waals surface area (Å²) in [6.07, 6.45) is 0. The summed E-state index contributed by atoms with van der Waals surface area (Å²) in [4.78, 5) is 4.31. The highest BCUT2D eigenvalue weighted by Gasteiger charge is 2.21. The molecule has 0 aromatic heterocycles. The number of guanidine groups is 1. The van der Waals surface area contributed by atoms with Gasteiger partial charge in [-0.2, -0.15) is 0 Å². The number of benzene rings is 2. The molecule has 0 aliphatic carbocycles. The Morgan fingerprint density at radius 1 is 0.964 bits per heavy atom. The number of hydrogen-bond donors (Lipinski definition) is 2. The summed E-state index contributed by atoms with van der Waals surface area (Å²) in [6, 6.07) is 13.8. The third kappa shape index (κ3) is 6.19. The predicted octanol–water partition coefficient (Wildman–Crippen LogP) is 4.30. The van der Waals surface area contributed by atoms with Crippen molar-refractivity contribution in [2.24, 2.45) is 4.99 Å². The molecule has 2 aromatic rings. The first-order valence-electron chi connectivity index (χ1n) is 8.77. The van der Waals surface area contributed by atoms with Crippen molar-refractivity contribution in [1.82, 2.24) is 5.32 Å². The zero-order chi connectivity index (χ0) is 19.9. The van der Waals surface area contributed by atoms with Gasteiger partial charge in [0.15, 0.2) is 17.5 Å². The Labute approximate surface area is 184 Å². The van der Waals surface area contributed by atoms with Crippen molar-refractivity contribution in [3.63, 3.8) is 0 Å². The van der Waals surface area contributed by atoms with Crippen molar-refractivity contribution in [2.45, 2.75) is 19.3 Å². The number of nitrogens with zero attached hydrogens (tertiary/aromatic N) is 1. The van der Waals surface area contributed by atoms with Crippen LogP contribution in [0.2, 0.25) is 0 Å². The van der Waals surface area contributed by atoms with Gasteiger partial charge < -0.3 is 24.8 Å². The number of halogens is 1. The lowest BCUT2D eigenvalue weighted by Gasteiger charge is -2.27. The smallest absolute Gasteiger partial charge is 0.195 e. The van der Waals surface area contributed by atoms with E-state index in [0.29, 0.717) is 24.0 Å². The molecule has 0 bridgehead atoms. The van der Waals surface area contributed by atoms with Crippen molar-refractivity contribution >= 4 is 35.6 Å². The molecule has 2 rings (SSSR count). The van der Waals surface area contributed by atoms with E-state index in [9.17, 15) is 0 Å². The third-order valence-corrected chi connectivity index (χ3v) is 4.42. The van der Waals surface area contributed by atoms with E-state index in [0.717, 1.165) is 11.4 Å². The lowest BCUT2D eigenvalue weighted by atomic mass is 9.84. The standard InChI is InChI=1S/C21H29N3O3.HI/c1-21(2,15-8-7-9-17(12-15)25-4)14-23-20(22-3)24-16-10-11-18(26-5)19(13-16)27-6;/h7-13H,14H2,1-6H3,(H2,22,23,24);1H. The van der Waals surface area contributed by atoms with Crippen LogP contribution >= 0.6 is 24.0 Å². The van der Waals surface area contributed by atoms with Gasteiger partial charge in [-0.3, -0.25) is 4.99 Å². The fraction of sp³-hybridized carbons (Fsp3) is 0.381. The molecule has 28 heavy (non-hydrogen) atoms. The molecule has 0 radical (unpaired) electrons. The minimum absolute atomic E-state index is 0. The van der Waals surface area contributed by atoms with Crippen molar-refractivity contribution in [1.29, 1.82) is 0 Å². The van der Waals surface area contributed by atoms with E-state index in [1.807, 2.05) is 30.3 Å². The first-order valence-corrected chi connectivity index (χ1v) is 8.77. The maximum atomic E-state index is 5.35. The van der Waals surface area contributed by atoms with Crippen LogP contribution in [0.1, 0.15) is 19.4 Å². The van der Waals surface area contributed by atoms with Crippen LogP contribution in [0, 0.1) is 0 Å². The van der Waals surface area contributed by atoms with Crippen LogP contribution in [0.4, 0.5) is 5.69 Å². The number of ether oxygens (including phenoxy) is 3. The summed E-state index contributed by atoms with van der Waals surface area (Å²) >= 11 is 0. The van der Waals surface area contributed by atoms with Crippen molar-refractivity contribution in [2.75, 3.05) is 40.2 Å². The van der Waals surface area contributed by atoms with Gasteiger partial charge in [-0.15, -0.1) is 24.0 Å². The van der Waals surface area contributed by atoms with Gasteiger partial charge in [-0.1, -0.05) is 26.0 Å². The van der Waals surface area contributed by atoms with Gasteiger partial charge in [-0.25, -0.2) is 0 Å². The summed E-state index contributed by atoms with van der Waals surface area (Å²) in [5, 5.41) is 6.67. The Balaban J connectivity index is 0.00000392. The monoisotopic (exact) mass is 499 g/mol. The summed E-state index contributed by atoms with van der Waals surface area (Å²) in [6.45, 7) is 5.06. The van der Waals surface area contributed by atoms with Crippen LogP contribution in [-0.2, 0) is 5.41 Å². The first-order chi connectivity index (χ1) is 12.9. The number of methoxy groups -OCH3 is 3. The van der Waals surface area contributed by atoms with Gasteiger partial charge >= 0.3 is 0 Å². The van der Waals surface area contributed by atoms with Gasteiger partial charge in [0.05, 0.1) is 21.3 Å². The Morgan fingerprint density at radius 2 is 1.68 bits per heavy atom. The summed E-state index contributed by atoms with van der Waals surface area (Å²) in [5.74, 6) is 2.88. The van der Waals surface area contributed by atoms with E-state index in [1.165, 1.54) is 5.56 Å². The van der Waals surface area contributed by atoms with Gasteiger partial charge in [0.25, 0.3) is 0 Å². The average molecular weight is 499 g/mol. The number of nitrogens with one attached hydrogen (secondary N) is 2. The quantitative estimate of drug-likeness (QED) is 0.338. The molecule has 0 saturated heterocycles. The second-order valence-electron chi connectivity index (χ2n) is 6.74. The van der Waals surface area contributed by atoms with Crippen LogP contribution < -0.4 is 24.8 Å². The first kappa shape index (κ1) is 23.9. The Kier molecular flexibility index (Phi) is 9.37.